The minimum absolute atomic E-state index is 0.223. The summed E-state index contributed by atoms with van der Waals surface area (Å²) in [6.45, 7) is 3.33. The Labute approximate surface area is 295 Å². The van der Waals surface area contributed by atoms with Gasteiger partial charge in [-0.05, 0) is 77.6 Å². The van der Waals surface area contributed by atoms with E-state index >= 15 is 0 Å². The van der Waals surface area contributed by atoms with E-state index in [2.05, 4.69) is 79.1 Å². The van der Waals surface area contributed by atoms with E-state index < -0.39 is 49.5 Å². The van der Waals surface area contributed by atoms with Crippen LogP contribution in [-0.4, -0.2) is 87.5 Å². The number of hydrogen-bond donors (Lipinski definition) is 6. The van der Waals surface area contributed by atoms with Gasteiger partial charge in [0.2, 0.25) is 5.91 Å². The van der Waals surface area contributed by atoms with Gasteiger partial charge in [0.1, 0.15) is 24.4 Å². The predicted molar refractivity (Wildman–Crippen MR) is 198 cm³/mol. The third-order valence-electron chi connectivity index (χ3n) is 8.03. The molecule has 6 N–H and O–H groups in total. The second-order valence-corrected chi connectivity index (χ2v) is 12.3. The topological polar surface area (TPSA) is 149 Å². The van der Waals surface area contributed by atoms with Crippen LogP contribution in [0.3, 0.4) is 0 Å². The van der Waals surface area contributed by atoms with E-state index in [1.165, 1.54) is 0 Å². The van der Waals surface area contributed by atoms with Gasteiger partial charge < -0.3 is 40.3 Å². The standard InChI is InChI=1S/C40H65NO8/c1-3-5-7-9-11-13-14-15-16-17-18-19-20-22-24-26-28-30-36(44)41-33(34(43)29-27-25-23-21-12-10-8-6-4-2)32-48-40-39(47)38(46)37(45)35(31-42)49-40/h4-7,11-13,15-16,18-19,21,27,29,33-35,37-40,42-43,45-47H,3,8-10,14,17,20,22-26,28,30-32H2,1-2H3,(H,41,44)/b6-4+,7-5-,13-11-,16-15-,19-18-,21-12+,29-27+. The molecule has 0 aromatic rings. The van der Waals surface area contributed by atoms with Gasteiger partial charge in [0.15, 0.2) is 6.29 Å². The van der Waals surface area contributed by atoms with Crippen LogP contribution in [0.15, 0.2) is 85.1 Å². The number of nitrogens with one attached hydrogen (secondary N) is 1. The highest BCUT2D eigenvalue weighted by Crippen LogP contribution is 2.22. The van der Waals surface area contributed by atoms with Crippen molar-refractivity contribution in [3.8, 4) is 0 Å². The molecule has 1 saturated heterocycles. The first-order chi connectivity index (χ1) is 23.8. The first-order valence-corrected chi connectivity index (χ1v) is 18.3. The van der Waals surface area contributed by atoms with E-state index in [9.17, 15) is 30.3 Å². The lowest BCUT2D eigenvalue weighted by atomic mass is 9.99. The summed E-state index contributed by atoms with van der Waals surface area (Å²) >= 11 is 0. The molecule has 0 saturated carbocycles. The van der Waals surface area contributed by atoms with Crippen molar-refractivity contribution in [3.63, 3.8) is 0 Å². The van der Waals surface area contributed by atoms with Crippen molar-refractivity contribution in [1.82, 2.24) is 5.32 Å². The molecule has 1 aliphatic rings. The Morgan fingerprint density at radius 1 is 0.735 bits per heavy atom. The van der Waals surface area contributed by atoms with Gasteiger partial charge in [-0.25, -0.2) is 0 Å². The lowest BCUT2D eigenvalue weighted by molar-refractivity contribution is -0.302. The van der Waals surface area contributed by atoms with Gasteiger partial charge in [-0.15, -0.1) is 0 Å². The van der Waals surface area contributed by atoms with Crippen LogP contribution in [0.1, 0.15) is 104 Å². The molecular formula is C40H65NO8. The quantitative estimate of drug-likeness (QED) is 0.0452. The molecule has 0 bridgehead atoms. The molecule has 9 heteroatoms. The summed E-state index contributed by atoms with van der Waals surface area (Å²) in [4.78, 5) is 12.8. The van der Waals surface area contributed by atoms with Crippen molar-refractivity contribution in [3.05, 3.63) is 85.1 Å². The number of amides is 1. The maximum Gasteiger partial charge on any atom is 0.220 e. The minimum Gasteiger partial charge on any atom is -0.394 e. The maximum absolute atomic E-state index is 12.8. The lowest BCUT2D eigenvalue weighted by Crippen LogP contribution is -2.60. The molecule has 0 aliphatic carbocycles. The molecule has 0 spiro atoms. The molecule has 1 heterocycles. The monoisotopic (exact) mass is 687 g/mol. The lowest BCUT2D eigenvalue weighted by Gasteiger charge is -2.40. The highest BCUT2D eigenvalue weighted by Gasteiger charge is 2.44. The van der Waals surface area contributed by atoms with Crippen LogP contribution in [0.25, 0.3) is 0 Å². The Kier molecular flexibility index (Phi) is 27.4. The van der Waals surface area contributed by atoms with Crippen LogP contribution in [-0.2, 0) is 14.3 Å². The average molecular weight is 688 g/mol. The Morgan fingerprint density at radius 3 is 1.94 bits per heavy atom. The Bertz CT molecular complexity index is 1030. The average Bonchev–Trinajstić information content (AvgIpc) is 3.10. The van der Waals surface area contributed by atoms with E-state index in [1.807, 2.05) is 19.1 Å². The first kappa shape index (κ1) is 44.4. The van der Waals surface area contributed by atoms with E-state index in [-0.39, 0.29) is 12.5 Å². The van der Waals surface area contributed by atoms with E-state index in [0.717, 1.165) is 70.6 Å². The molecule has 1 amide bonds. The number of allylic oxidation sites excluding steroid dienone is 13. The summed E-state index contributed by atoms with van der Waals surface area (Å²) in [7, 11) is 0. The molecule has 278 valence electrons. The van der Waals surface area contributed by atoms with Crippen molar-refractivity contribution < 1.29 is 39.8 Å². The minimum atomic E-state index is -1.58. The molecule has 7 atom stereocenters. The second-order valence-electron chi connectivity index (χ2n) is 12.3. The number of rotatable bonds is 27. The van der Waals surface area contributed by atoms with E-state index in [1.54, 1.807) is 6.08 Å². The highest BCUT2D eigenvalue weighted by atomic mass is 16.7. The van der Waals surface area contributed by atoms with E-state index in [4.69, 9.17) is 9.47 Å². The molecular weight excluding hydrogens is 622 g/mol. The van der Waals surface area contributed by atoms with E-state index in [0.29, 0.717) is 19.3 Å². The van der Waals surface area contributed by atoms with Crippen molar-refractivity contribution >= 4 is 5.91 Å². The van der Waals surface area contributed by atoms with Crippen LogP contribution < -0.4 is 5.32 Å². The van der Waals surface area contributed by atoms with Crippen LogP contribution >= 0.6 is 0 Å². The van der Waals surface area contributed by atoms with Crippen LogP contribution in [0.5, 0.6) is 0 Å². The fourth-order valence-electron chi connectivity index (χ4n) is 5.06. The molecule has 7 unspecified atom stereocenters. The maximum atomic E-state index is 12.8. The third-order valence-corrected chi connectivity index (χ3v) is 8.03. The highest BCUT2D eigenvalue weighted by molar-refractivity contribution is 5.76. The summed E-state index contributed by atoms with van der Waals surface area (Å²) in [5.74, 6) is -0.224. The number of ether oxygens (including phenoxy) is 2. The summed E-state index contributed by atoms with van der Waals surface area (Å²) in [5, 5.41) is 53.7. The zero-order valence-corrected chi connectivity index (χ0v) is 29.9. The van der Waals surface area contributed by atoms with Gasteiger partial charge in [-0.1, -0.05) is 105 Å². The number of unbranched alkanes of at least 4 members (excludes halogenated alkanes) is 6. The van der Waals surface area contributed by atoms with Gasteiger partial charge in [0.25, 0.3) is 0 Å². The summed E-state index contributed by atoms with van der Waals surface area (Å²) in [6.07, 6.45) is 33.6. The van der Waals surface area contributed by atoms with Crippen molar-refractivity contribution in [1.29, 1.82) is 0 Å². The fourth-order valence-corrected chi connectivity index (χ4v) is 5.06. The number of carbonyl (C=O) groups excluding carboxylic acids is 1. The predicted octanol–water partition coefficient (Wildman–Crippen LogP) is 6.04. The zero-order chi connectivity index (χ0) is 36.0. The first-order valence-electron chi connectivity index (χ1n) is 18.3. The van der Waals surface area contributed by atoms with Crippen molar-refractivity contribution in [2.75, 3.05) is 13.2 Å². The Hall–Kier alpha value is -2.63. The number of aliphatic hydroxyl groups is 5. The summed E-state index contributed by atoms with van der Waals surface area (Å²) in [6, 6.07) is -0.842. The summed E-state index contributed by atoms with van der Waals surface area (Å²) in [5.41, 5.74) is 0. The zero-order valence-electron chi connectivity index (χ0n) is 29.9. The van der Waals surface area contributed by atoms with Gasteiger partial charge in [0, 0.05) is 6.42 Å². The number of aliphatic hydroxyl groups excluding tert-OH is 5. The number of carbonyl (C=O) groups is 1. The molecule has 0 radical (unpaired) electrons. The van der Waals surface area contributed by atoms with Crippen molar-refractivity contribution in [2.45, 2.75) is 147 Å². The Morgan fingerprint density at radius 2 is 1.31 bits per heavy atom. The van der Waals surface area contributed by atoms with Crippen LogP contribution in [0.4, 0.5) is 0 Å². The molecule has 1 rings (SSSR count). The van der Waals surface area contributed by atoms with Crippen LogP contribution in [0.2, 0.25) is 0 Å². The second kappa shape index (κ2) is 30.2. The normalized spacial score (nSPS) is 23.4. The fraction of sp³-hybridized carbons (Fsp3) is 0.625. The number of hydrogen-bond acceptors (Lipinski definition) is 8. The van der Waals surface area contributed by atoms with Gasteiger partial charge >= 0.3 is 0 Å². The van der Waals surface area contributed by atoms with Crippen molar-refractivity contribution in [2.24, 2.45) is 0 Å². The summed E-state index contributed by atoms with van der Waals surface area (Å²) < 4.78 is 11.1. The molecule has 0 aromatic carbocycles. The molecule has 0 aromatic heterocycles. The third kappa shape index (κ3) is 21.9. The molecule has 1 fully saturated rings. The molecule has 9 nitrogen and oxygen atoms in total. The molecule has 49 heavy (non-hydrogen) atoms. The Balaban J connectivity index is 2.48. The smallest absolute Gasteiger partial charge is 0.220 e. The molecule has 1 aliphatic heterocycles. The SMILES string of the molecule is C/C=C/CC/C=C/CC/C=C/C(O)C(COC1OC(CO)C(O)C(O)C1O)NC(=O)CCCCCC/C=C\C/C=C\C/C=C\C/C=C\CC. The van der Waals surface area contributed by atoms with Gasteiger partial charge in [0.05, 0.1) is 25.4 Å². The van der Waals surface area contributed by atoms with Gasteiger partial charge in [-0.2, -0.15) is 0 Å². The van der Waals surface area contributed by atoms with Gasteiger partial charge in [-0.3, -0.25) is 4.79 Å². The van der Waals surface area contributed by atoms with Crippen LogP contribution in [0, 0.1) is 0 Å². The largest absolute Gasteiger partial charge is 0.394 e.